The van der Waals surface area contributed by atoms with Crippen molar-refractivity contribution < 1.29 is 13.2 Å². The fourth-order valence-corrected chi connectivity index (χ4v) is 1.80. The molecule has 0 aliphatic heterocycles. The summed E-state index contributed by atoms with van der Waals surface area (Å²) in [6.07, 6.45) is -3.52. The molecule has 0 bridgehead atoms. The van der Waals surface area contributed by atoms with Crippen LogP contribution in [0.15, 0.2) is 42.6 Å². The Morgan fingerprint density at radius 3 is 2.21 bits per heavy atom. The van der Waals surface area contributed by atoms with E-state index in [1.807, 2.05) is 6.07 Å². The van der Waals surface area contributed by atoms with Gasteiger partial charge < -0.3 is 4.90 Å². The average molecular weight is 266 g/mol. The van der Waals surface area contributed by atoms with Crippen molar-refractivity contribution in [1.29, 1.82) is 0 Å². The fourth-order valence-electron chi connectivity index (χ4n) is 1.80. The third-order valence-corrected chi connectivity index (χ3v) is 2.70. The van der Waals surface area contributed by atoms with Crippen molar-refractivity contribution in [3.8, 4) is 11.1 Å². The Kier molecular flexibility index (Phi) is 3.46. The number of hydrogen-bond donors (Lipinski definition) is 0. The van der Waals surface area contributed by atoms with Gasteiger partial charge in [0.2, 0.25) is 0 Å². The first-order chi connectivity index (χ1) is 8.89. The van der Waals surface area contributed by atoms with E-state index in [9.17, 15) is 13.2 Å². The van der Waals surface area contributed by atoms with E-state index in [0.29, 0.717) is 16.9 Å². The summed E-state index contributed by atoms with van der Waals surface area (Å²) < 4.78 is 38.3. The molecule has 0 radical (unpaired) electrons. The number of halogens is 3. The third-order valence-electron chi connectivity index (χ3n) is 2.70. The molecular formula is C14H13F3N2. The molecule has 100 valence electrons. The number of aromatic nitrogens is 1. The minimum atomic E-state index is -4.39. The van der Waals surface area contributed by atoms with E-state index in [2.05, 4.69) is 4.98 Å². The highest BCUT2D eigenvalue weighted by Crippen LogP contribution is 2.35. The summed E-state index contributed by atoms with van der Waals surface area (Å²) in [5.74, 6) is 0.513. The molecule has 1 aromatic carbocycles. The number of anilines is 1. The second-order valence-electron chi connectivity index (χ2n) is 4.35. The molecule has 0 unspecified atom stereocenters. The SMILES string of the molecule is CN(C)c1ncc(C(F)(F)F)cc1-c1ccccc1. The third kappa shape index (κ3) is 2.86. The quantitative estimate of drug-likeness (QED) is 0.821. The van der Waals surface area contributed by atoms with Gasteiger partial charge in [-0.3, -0.25) is 0 Å². The van der Waals surface area contributed by atoms with Crippen LogP contribution in [0.5, 0.6) is 0 Å². The zero-order chi connectivity index (χ0) is 14.0. The number of rotatable bonds is 2. The van der Waals surface area contributed by atoms with Crippen LogP contribution >= 0.6 is 0 Å². The summed E-state index contributed by atoms with van der Waals surface area (Å²) in [6.45, 7) is 0. The normalized spacial score (nSPS) is 11.4. The number of benzene rings is 1. The Balaban J connectivity index is 2.61. The Bertz CT molecular complexity index is 563. The molecule has 0 spiro atoms. The molecule has 1 heterocycles. The zero-order valence-electron chi connectivity index (χ0n) is 10.6. The van der Waals surface area contributed by atoms with Gasteiger partial charge in [-0.2, -0.15) is 13.2 Å². The molecule has 0 amide bonds. The Morgan fingerprint density at radius 2 is 1.68 bits per heavy atom. The monoisotopic (exact) mass is 266 g/mol. The highest BCUT2D eigenvalue weighted by Gasteiger charge is 2.32. The van der Waals surface area contributed by atoms with Gasteiger partial charge in [-0.25, -0.2) is 4.98 Å². The summed E-state index contributed by atoms with van der Waals surface area (Å²) in [5, 5.41) is 0. The predicted molar refractivity (Wildman–Crippen MR) is 69.0 cm³/mol. The molecule has 2 nitrogen and oxygen atoms in total. The van der Waals surface area contributed by atoms with Crippen molar-refractivity contribution in [2.24, 2.45) is 0 Å². The molecule has 1 aromatic heterocycles. The molecule has 0 fully saturated rings. The number of hydrogen-bond acceptors (Lipinski definition) is 2. The first-order valence-corrected chi connectivity index (χ1v) is 5.69. The first-order valence-electron chi connectivity index (χ1n) is 5.69. The summed E-state index contributed by atoms with van der Waals surface area (Å²) in [4.78, 5) is 5.62. The second-order valence-corrected chi connectivity index (χ2v) is 4.35. The van der Waals surface area contributed by atoms with Gasteiger partial charge in [0.1, 0.15) is 5.82 Å². The van der Waals surface area contributed by atoms with Gasteiger partial charge in [0, 0.05) is 25.9 Å². The van der Waals surface area contributed by atoms with Gasteiger partial charge in [0.25, 0.3) is 0 Å². The maximum Gasteiger partial charge on any atom is 0.417 e. The zero-order valence-corrected chi connectivity index (χ0v) is 10.6. The summed E-state index contributed by atoms with van der Waals surface area (Å²) in [5.41, 5.74) is 0.446. The number of alkyl halides is 3. The molecule has 2 rings (SSSR count). The Hall–Kier alpha value is -2.04. The van der Waals surface area contributed by atoms with Crippen molar-refractivity contribution in [2.75, 3.05) is 19.0 Å². The molecular weight excluding hydrogens is 253 g/mol. The largest absolute Gasteiger partial charge is 0.417 e. The first kappa shape index (κ1) is 13.4. The van der Waals surface area contributed by atoms with Crippen LogP contribution in [0.4, 0.5) is 19.0 Å². The van der Waals surface area contributed by atoms with Crippen molar-refractivity contribution >= 4 is 5.82 Å². The Labute approximate surface area is 109 Å². The van der Waals surface area contributed by atoms with Gasteiger partial charge in [0.15, 0.2) is 0 Å². The van der Waals surface area contributed by atoms with Gasteiger partial charge in [-0.15, -0.1) is 0 Å². The van der Waals surface area contributed by atoms with Crippen molar-refractivity contribution in [1.82, 2.24) is 4.98 Å². The highest BCUT2D eigenvalue weighted by molar-refractivity contribution is 5.76. The van der Waals surface area contributed by atoms with Gasteiger partial charge in [0.05, 0.1) is 5.56 Å². The number of pyridine rings is 1. The van der Waals surface area contributed by atoms with Crippen LogP contribution in [0, 0.1) is 0 Å². The molecule has 0 atom stereocenters. The number of nitrogens with zero attached hydrogens (tertiary/aromatic N) is 2. The maximum absolute atomic E-state index is 12.8. The van der Waals surface area contributed by atoms with Crippen LogP contribution in [0.25, 0.3) is 11.1 Å². The standard InChI is InChI=1S/C14H13F3N2/c1-19(2)13-12(10-6-4-3-5-7-10)8-11(9-18-13)14(15,16)17/h3-9H,1-2H3. The Morgan fingerprint density at radius 1 is 1.05 bits per heavy atom. The molecule has 0 saturated carbocycles. The van der Waals surface area contributed by atoms with Crippen LogP contribution in [0.1, 0.15) is 5.56 Å². The van der Waals surface area contributed by atoms with E-state index in [4.69, 9.17) is 0 Å². The molecule has 5 heteroatoms. The van der Waals surface area contributed by atoms with E-state index < -0.39 is 11.7 Å². The second kappa shape index (κ2) is 4.91. The van der Waals surface area contributed by atoms with E-state index in [1.54, 1.807) is 43.3 Å². The van der Waals surface area contributed by atoms with Crippen LogP contribution in [0.3, 0.4) is 0 Å². The smallest absolute Gasteiger partial charge is 0.362 e. The van der Waals surface area contributed by atoms with Crippen LogP contribution in [-0.4, -0.2) is 19.1 Å². The summed E-state index contributed by atoms with van der Waals surface area (Å²) >= 11 is 0. The molecule has 0 N–H and O–H groups in total. The van der Waals surface area contributed by atoms with Crippen molar-refractivity contribution in [3.05, 3.63) is 48.2 Å². The lowest BCUT2D eigenvalue weighted by atomic mass is 10.0. The van der Waals surface area contributed by atoms with Crippen molar-refractivity contribution in [2.45, 2.75) is 6.18 Å². The van der Waals surface area contributed by atoms with Gasteiger partial charge >= 0.3 is 6.18 Å². The maximum atomic E-state index is 12.8. The van der Waals surface area contributed by atoms with E-state index >= 15 is 0 Å². The highest BCUT2D eigenvalue weighted by atomic mass is 19.4. The van der Waals surface area contributed by atoms with Gasteiger partial charge in [-0.05, 0) is 11.6 Å². The van der Waals surface area contributed by atoms with Gasteiger partial charge in [-0.1, -0.05) is 30.3 Å². The van der Waals surface area contributed by atoms with E-state index in [0.717, 1.165) is 12.3 Å². The summed E-state index contributed by atoms with van der Waals surface area (Å²) in [7, 11) is 3.50. The lowest BCUT2D eigenvalue weighted by molar-refractivity contribution is -0.137. The lowest BCUT2D eigenvalue weighted by Gasteiger charge is -2.18. The van der Waals surface area contributed by atoms with Crippen LogP contribution in [-0.2, 0) is 6.18 Å². The average Bonchev–Trinajstić information content (AvgIpc) is 2.38. The lowest BCUT2D eigenvalue weighted by Crippen LogP contribution is -2.14. The fraction of sp³-hybridized carbons (Fsp3) is 0.214. The predicted octanol–water partition coefficient (Wildman–Crippen LogP) is 3.83. The molecule has 19 heavy (non-hydrogen) atoms. The van der Waals surface area contributed by atoms with Crippen molar-refractivity contribution in [3.63, 3.8) is 0 Å². The van der Waals surface area contributed by atoms with E-state index in [1.165, 1.54) is 0 Å². The molecule has 0 saturated heterocycles. The minimum Gasteiger partial charge on any atom is -0.362 e. The summed E-state index contributed by atoms with van der Waals surface area (Å²) in [6, 6.07) is 10.1. The van der Waals surface area contributed by atoms with Crippen LogP contribution < -0.4 is 4.90 Å². The molecule has 0 aliphatic carbocycles. The van der Waals surface area contributed by atoms with E-state index in [-0.39, 0.29) is 0 Å². The minimum absolute atomic E-state index is 0.473. The molecule has 2 aromatic rings. The van der Waals surface area contributed by atoms with Crippen LogP contribution in [0.2, 0.25) is 0 Å². The molecule has 0 aliphatic rings. The topological polar surface area (TPSA) is 16.1 Å².